The highest BCUT2D eigenvalue weighted by atomic mass is 19.1. The Balaban J connectivity index is 1.75. The maximum Gasteiger partial charge on any atom is 0.246 e. The van der Waals surface area contributed by atoms with Crippen LogP contribution in [-0.4, -0.2) is 46.9 Å². The van der Waals surface area contributed by atoms with Crippen LogP contribution in [-0.2, 0) is 29.2 Å². The van der Waals surface area contributed by atoms with Gasteiger partial charge in [-0.15, -0.1) is 0 Å². The molecule has 0 bridgehead atoms. The van der Waals surface area contributed by atoms with E-state index in [4.69, 9.17) is 4.74 Å². The van der Waals surface area contributed by atoms with Crippen LogP contribution in [0.2, 0.25) is 0 Å². The molecule has 1 unspecified atom stereocenters. The molecule has 2 heterocycles. The third-order valence-corrected chi connectivity index (χ3v) is 4.50. The van der Waals surface area contributed by atoms with Crippen LogP contribution in [0.3, 0.4) is 0 Å². The molecule has 1 aliphatic rings. The SMILES string of the molecule is COCC(=O)NCC1CCn2nccc2CN1Cc1ccccc1F. The monoisotopic (exact) mass is 346 g/mol. The minimum Gasteiger partial charge on any atom is -0.375 e. The lowest BCUT2D eigenvalue weighted by atomic mass is 10.1. The summed E-state index contributed by atoms with van der Waals surface area (Å²) in [6.07, 6.45) is 2.62. The molecule has 25 heavy (non-hydrogen) atoms. The fraction of sp³-hybridized carbons (Fsp3) is 0.444. The fourth-order valence-electron chi connectivity index (χ4n) is 3.16. The summed E-state index contributed by atoms with van der Waals surface area (Å²) in [6, 6.07) is 8.90. The third kappa shape index (κ3) is 4.43. The van der Waals surface area contributed by atoms with E-state index in [9.17, 15) is 9.18 Å². The van der Waals surface area contributed by atoms with Gasteiger partial charge in [0.25, 0.3) is 0 Å². The van der Waals surface area contributed by atoms with Gasteiger partial charge >= 0.3 is 0 Å². The molecule has 0 saturated heterocycles. The first-order valence-corrected chi connectivity index (χ1v) is 8.41. The van der Waals surface area contributed by atoms with E-state index in [-0.39, 0.29) is 24.4 Å². The van der Waals surface area contributed by atoms with Crippen molar-refractivity contribution < 1.29 is 13.9 Å². The van der Waals surface area contributed by atoms with Crippen LogP contribution >= 0.6 is 0 Å². The summed E-state index contributed by atoms with van der Waals surface area (Å²) < 4.78 is 20.9. The van der Waals surface area contributed by atoms with E-state index >= 15 is 0 Å². The first kappa shape index (κ1) is 17.6. The van der Waals surface area contributed by atoms with Crippen LogP contribution in [0.25, 0.3) is 0 Å². The number of benzene rings is 1. The van der Waals surface area contributed by atoms with Crippen LogP contribution in [0.15, 0.2) is 36.5 Å². The molecule has 0 spiro atoms. The molecule has 2 aromatic rings. The Bertz CT molecular complexity index is 719. The number of aryl methyl sites for hydroxylation is 1. The number of nitrogens with one attached hydrogen (secondary N) is 1. The Labute approximate surface area is 146 Å². The first-order chi connectivity index (χ1) is 12.2. The molecule has 1 aromatic heterocycles. The van der Waals surface area contributed by atoms with Crippen molar-refractivity contribution >= 4 is 5.91 Å². The van der Waals surface area contributed by atoms with Crippen molar-refractivity contribution in [3.05, 3.63) is 53.6 Å². The van der Waals surface area contributed by atoms with Gasteiger partial charge in [0.1, 0.15) is 12.4 Å². The largest absolute Gasteiger partial charge is 0.375 e. The standard InChI is InChI=1S/C18H23FN4O2/c1-25-13-18(24)20-10-15-7-9-23-16(6-8-21-23)12-22(15)11-14-4-2-3-5-17(14)19/h2-6,8,15H,7,9-13H2,1H3,(H,20,24). The van der Waals surface area contributed by atoms with Crippen LogP contribution in [0.5, 0.6) is 0 Å². The number of aromatic nitrogens is 2. The van der Waals surface area contributed by atoms with Gasteiger partial charge in [-0.1, -0.05) is 18.2 Å². The molecule has 6 nitrogen and oxygen atoms in total. The maximum absolute atomic E-state index is 14.1. The number of carbonyl (C=O) groups is 1. The van der Waals surface area contributed by atoms with Gasteiger partial charge in [0.2, 0.25) is 5.91 Å². The summed E-state index contributed by atoms with van der Waals surface area (Å²) in [4.78, 5) is 13.9. The van der Waals surface area contributed by atoms with Crippen molar-refractivity contribution in [3.8, 4) is 0 Å². The number of rotatable bonds is 6. The van der Waals surface area contributed by atoms with Crippen molar-refractivity contribution in [3.63, 3.8) is 0 Å². The zero-order valence-corrected chi connectivity index (χ0v) is 14.3. The van der Waals surface area contributed by atoms with Crippen molar-refractivity contribution in [2.75, 3.05) is 20.3 Å². The molecule has 1 aliphatic heterocycles. The van der Waals surface area contributed by atoms with E-state index in [2.05, 4.69) is 15.3 Å². The molecule has 1 N–H and O–H groups in total. The van der Waals surface area contributed by atoms with Crippen LogP contribution < -0.4 is 5.32 Å². The molecular weight excluding hydrogens is 323 g/mol. The first-order valence-electron chi connectivity index (χ1n) is 8.41. The molecule has 1 amide bonds. The second kappa shape index (κ2) is 8.22. The Hall–Kier alpha value is -2.25. The van der Waals surface area contributed by atoms with Gasteiger partial charge in [-0.25, -0.2) is 4.39 Å². The Morgan fingerprint density at radius 3 is 3.04 bits per heavy atom. The average Bonchev–Trinajstić information content (AvgIpc) is 2.97. The molecule has 0 aliphatic carbocycles. The van der Waals surface area contributed by atoms with Gasteiger partial charge in [-0.3, -0.25) is 14.4 Å². The van der Waals surface area contributed by atoms with Gasteiger partial charge in [0.15, 0.2) is 0 Å². The molecular formula is C18H23FN4O2. The maximum atomic E-state index is 14.1. The summed E-state index contributed by atoms with van der Waals surface area (Å²) in [5, 5.41) is 7.24. The van der Waals surface area contributed by atoms with E-state index in [0.29, 0.717) is 25.2 Å². The number of nitrogens with zero attached hydrogens (tertiary/aromatic N) is 3. The predicted octanol–water partition coefficient (Wildman–Crippen LogP) is 1.56. The molecule has 134 valence electrons. The van der Waals surface area contributed by atoms with Crippen LogP contribution in [0.1, 0.15) is 17.7 Å². The van der Waals surface area contributed by atoms with Crippen molar-refractivity contribution in [2.24, 2.45) is 0 Å². The van der Waals surface area contributed by atoms with E-state index < -0.39 is 0 Å². The highest BCUT2D eigenvalue weighted by Gasteiger charge is 2.25. The average molecular weight is 346 g/mol. The predicted molar refractivity (Wildman–Crippen MR) is 91.2 cm³/mol. The van der Waals surface area contributed by atoms with E-state index in [1.54, 1.807) is 18.3 Å². The molecule has 0 fully saturated rings. The Morgan fingerprint density at radius 2 is 2.24 bits per heavy atom. The fourth-order valence-corrected chi connectivity index (χ4v) is 3.16. The second-order valence-electron chi connectivity index (χ2n) is 6.22. The summed E-state index contributed by atoms with van der Waals surface area (Å²) in [7, 11) is 1.49. The highest BCUT2D eigenvalue weighted by molar-refractivity contribution is 5.77. The van der Waals surface area contributed by atoms with Gasteiger partial charge in [-0.05, 0) is 18.6 Å². The summed E-state index contributed by atoms with van der Waals surface area (Å²) in [5.74, 6) is -0.349. The van der Waals surface area contributed by atoms with E-state index in [0.717, 1.165) is 18.7 Å². The zero-order valence-electron chi connectivity index (χ0n) is 14.3. The van der Waals surface area contributed by atoms with E-state index in [1.165, 1.54) is 13.2 Å². The highest BCUT2D eigenvalue weighted by Crippen LogP contribution is 2.20. The quantitative estimate of drug-likeness (QED) is 0.862. The van der Waals surface area contributed by atoms with Crippen molar-refractivity contribution in [1.29, 1.82) is 0 Å². The Morgan fingerprint density at radius 1 is 1.40 bits per heavy atom. The number of methoxy groups -OCH3 is 1. The van der Waals surface area contributed by atoms with Crippen molar-refractivity contribution in [2.45, 2.75) is 32.1 Å². The number of hydrogen-bond acceptors (Lipinski definition) is 4. The summed E-state index contributed by atoms with van der Waals surface area (Å²) in [5.41, 5.74) is 1.76. The number of halogens is 1. The molecule has 0 radical (unpaired) electrons. The van der Waals surface area contributed by atoms with Crippen LogP contribution in [0.4, 0.5) is 4.39 Å². The zero-order chi connectivity index (χ0) is 17.6. The minimum atomic E-state index is -0.206. The van der Waals surface area contributed by atoms with Crippen molar-refractivity contribution in [1.82, 2.24) is 20.0 Å². The van der Waals surface area contributed by atoms with Gasteiger partial charge < -0.3 is 10.1 Å². The lowest BCUT2D eigenvalue weighted by Gasteiger charge is -2.30. The smallest absolute Gasteiger partial charge is 0.246 e. The number of ether oxygens (including phenoxy) is 1. The number of amides is 1. The molecule has 0 saturated carbocycles. The third-order valence-electron chi connectivity index (χ3n) is 4.50. The molecule has 7 heteroatoms. The summed E-state index contributed by atoms with van der Waals surface area (Å²) >= 11 is 0. The number of hydrogen-bond donors (Lipinski definition) is 1. The normalized spacial score (nSPS) is 17.8. The number of fused-ring (bicyclic) bond motifs is 1. The molecule has 1 aromatic carbocycles. The lowest BCUT2D eigenvalue weighted by molar-refractivity contribution is -0.125. The molecule has 1 atom stereocenters. The van der Waals surface area contributed by atoms with Gasteiger partial charge in [-0.2, -0.15) is 5.10 Å². The molecule has 3 rings (SSSR count). The van der Waals surface area contributed by atoms with E-state index in [1.807, 2.05) is 16.8 Å². The topological polar surface area (TPSA) is 59.4 Å². The van der Waals surface area contributed by atoms with Crippen LogP contribution in [0, 0.1) is 5.82 Å². The Kier molecular flexibility index (Phi) is 5.78. The minimum absolute atomic E-state index is 0.0433. The number of carbonyl (C=O) groups excluding carboxylic acids is 1. The second-order valence-corrected chi connectivity index (χ2v) is 6.22. The van der Waals surface area contributed by atoms with Gasteiger partial charge in [0.05, 0.1) is 5.69 Å². The lowest BCUT2D eigenvalue weighted by Crippen LogP contribution is -2.43. The summed E-state index contributed by atoms with van der Waals surface area (Å²) in [6.45, 7) is 2.48. The van der Waals surface area contributed by atoms with Gasteiger partial charge in [0, 0.05) is 51.1 Å².